The smallest absolute Gasteiger partial charge is 0.239 e. The van der Waals surface area contributed by atoms with Crippen LogP contribution in [0.1, 0.15) is 47.5 Å². The van der Waals surface area contributed by atoms with Crippen molar-refractivity contribution in [1.82, 2.24) is 4.98 Å². The van der Waals surface area contributed by atoms with Crippen LogP contribution in [0.2, 0.25) is 0 Å². The summed E-state index contributed by atoms with van der Waals surface area (Å²) in [6, 6.07) is 4.47. The van der Waals surface area contributed by atoms with Crippen LogP contribution < -0.4 is 15.4 Å². The highest BCUT2D eigenvalue weighted by Gasteiger charge is 2.28. The van der Waals surface area contributed by atoms with Crippen LogP contribution in [0, 0.1) is 5.92 Å². The molecule has 1 unspecified atom stereocenters. The molecule has 0 radical (unpaired) electrons. The van der Waals surface area contributed by atoms with Crippen LogP contribution in [0.5, 0.6) is 5.88 Å². The minimum Gasteiger partial charge on any atom is -0.470 e. The molecule has 20 heavy (non-hydrogen) atoms. The molecule has 0 aliphatic carbocycles. The maximum Gasteiger partial charge on any atom is 0.239 e. The van der Waals surface area contributed by atoms with Crippen LogP contribution >= 0.6 is 0 Å². The van der Waals surface area contributed by atoms with E-state index >= 15 is 0 Å². The lowest BCUT2D eigenvalue weighted by Gasteiger charge is -2.29. The first-order valence-electron chi connectivity index (χ1n) is 7.50. The van der Waals surface area contributed by atoms with E-state index in [1.165, 1.54) is 12.8 Å². The highest BCUT2D eigenvalue weighted by molar-refractivity contribution is 5.55. The van der Waals surface area contributed by atoms with Crippen LogP contribution in [-0.4, -0.2) is 23.2 Å². The van der Waals surface area contributed by atoms with Gasteiger partial charge in [0, 0.05) is 12.6 Å². The van der Waals surface area contributed by atoms with Gasteiger partial charge in [-0.3, -0.25) is 0 Å². The Balaban J connectivity index is 2.27. The average molecular weight is 277 g/mol. The van der Waals surface area contributed by atoms with E-state index in [-0.39, 0.29) is 5.60 Å². The minimum absolute atomic E-state index is 0.289. The molecule has 112 valence electrons. The first kappa shape index (κ1) is 14.9. The molecule has 0 amide bonds. The Labute approximate surface area is 122 Å². The van der Waals surface area contributed by atoms with Gasteiger partial charge in [-0.25, -0.2) is 0 Å². The van der Waals surface area contributed by atoms with Crippen LogP contribution in [0.25, 0.3) is 0 Å². The van der Waals surface area contributed by atoms with Gasteiger partial charge in [0.05, 0.1) is 5.69 Å². The van der Waals surface area contributed by atoms with Crippen molar-refractivity contribution >= 4 is 11.5 Å². The van der Waals surface area contributed by atoms with E-state index in [9.17, 15) is 0 Å². The summed E-state index contributed by atoms with van der Waals surface area (Å²) in [5.74, 6) is 2.16. The van der Waals surface area contributed by atoms with Gasteiger partial charge in [-0.05, 0) is 51.7 Å². The van der Waals surface area contributed by atoms with Crippen LogP contribution in [-0.2, 0) is 0 Å². The van der Waals surface area contributed by atoms with Gasteiger partial charge in [0.25, 0.3) is 0 Å². The molecule has 1 aliphatic heterocycles. The molecule has 1 aromatic heterocycles. The Morgan fingerprint density at radius 3 is 2.65 bits per heavy atom. The third kappa shape index (κ3) is 3.35. The molecule has 1 aliphatic rings. The van der Waals surface area contributed by atoms with Crippen molar-refractivity contribution in [2.45, 2.75) is 59.1 Å². The predicted octanol–water partition coefficient (Wildman–Crippen LogP) is 3.47. The molecule has 0 saturated carbocycles. The van der Waals surface area contributed by atoms with Crippen molar-refractivity contribution in [3.8, 4) is 5.88 Å². The fourth-order valence-electron chi connectivity index (χ4n) is 2.74. The predicted molar refractivity (Wildman–Crippen MR) is 84.2 cm³/mol. The van der Waals surface area contributed by atoms with Gasteiger partial charge in [-0.2, -0.15) is 4.98 Å². The Hall–Kier alpha value is -1.45. The Morgan fingerprint density at radius 1 is 1.35 bits per heavy atom. The van der Waals surface area contributed by atoms with Gasteiger partial charge in [-0.1, -0.05) is 13.8 Å². The second-order valence-corrected chi connectivity index (χ2v) is 6.93. The highest BCUT2D eigenvalue weighted by Crippen LogP contribution is 2.32. The Morgan fingerprint density at radius 2 is 2.05 bits per heavy atom. The number of rotatable bonds is 3. The van der Waals surface area contributed by atoms with Crippen molar-refractivity contribution in [1.29, 1.82) is 0 Å². The van der Waals surface area contributed by atoms with Crippen molar-refractivity contribution in [2.24, 2.45) is 5.92 Å². The number of pyridine rings is 1. The van der Waals surface area contributed by atoms with Crippen molar-refractivity contribution in [2.75, 3.05) is 17.2 Å². The molecule has 2 heterocycles. The summed E-state index contributed by atoms with van der Waals surface area (Å²) in [6.07, 6.45) is 2.46. The summed E-state index contributed by atoms with van der Waals surface area (Å²) in [4.78, 5) is 7.04. The quantitative estimate of drug-likeness (QED) is 0.919. The highest BCUT2D eigenvalue weighted by atomic mass is 16.5. The number of nitrogens with two attached hydrogens (primary N) is 1. The standard InChI is InChI=1S/C16H27N3O/c1-11(2)13-7-6-10-19(13)14-9-8-12(17)15(18-14)20-16(3,4)5/h8-9,11,13H,6-7,10,17H2,1-5H3. The maximum absolute atomic E-state index is 5.98. The first-order valence-corrected chi connectivity index (χ1v) is 7.50. The summed E-state index contributed by atoms with van der Waals surface area (Å²) in [6.45, 7) is 11.6. The van der Waals surface area contributed by atoms with Crippen LogP contribution in [0.15, 0.2) is 12.1 Å². The van der Waals surface area contributed by atoms with Crippen molar-refractivity contribution < 1.29 is 4.74 Å². The molecule has 1 atom stereocenters. The van der Waals surface area contributed by atoms with E-state index < -0.39 is 0 Å². The summed E-state index contributed by atoms with van der Waals surface area (Å²) in [5, 5.41) is 0. The molecule has 0 aromatic carbocycles. The van der Waals surface area contributed by atoms with Crippen LogP contribution in [0.4, 0.5) is 11.5 Å². The van der Waals surface area contributed by atoms with Gasteiger partial charge >= 0.3 is 0 Å². The number of ether oxygens (including phenoxy) is 1. The summed E-state index contributed by atoms with van der Waals surface area (Å²) < 4.78 is 5.87. The number of nitrogens with zero attached hydrogens (tertiary/aromatic N) is 2. The van der Waals surface area contributed by atoms with Gasteiger partial charge < -0.3 is 15.4 Å². The average Bonchev–Trinajstić information content (AvgIpc) is 2.79. The number of nitrogen functional groups attached to an aromatic ring is 1. The first-order chi connectivity index (χ1) is 9.28. The topological polar surface area (TPSA) is 51.4 Å². The Kier molecular flexibility index (Phi) is 4.11. The zero-order chi connectivity index (χ0) is 14.9. The molecular weight excluding hydrogens is 250 g/mol. The van der Waals surface area contributed by atoms with E-state index in [1.54, 1.807) is 0 Å². The molecule has 1 aromatic rings. The molecule has 0 bridgehead atoms. The molecule has 1 saturated heterocycles. The van der Waals surface area contributed by atoms with E-state index in [1.807, 2.05) is 32.9 Å². The normalized spacial score (nSPS) is 19.7. The number of hydrogen-bond acceptors (Lipinski definition) is 4. The largest absolute Gasteiger partial charge is 0.470 e. The van der Waals surface area contributed by atoms with Gasteiger partial charge in [0.15, 0.2) is 0 Å². The second kappa shape index (κ2) is 5.51. The number of anilines is 2. The molecule has 4 nitrogen and oxygen atoms in total. The fourth-order valence-corrected chi connectivity index (χ4v) is 2.74. The third-order valence-electron chi connectivity index (χ3n) is 3.64. The van der Waals surface area contributed by atoms with Gasteiger partial charge in [0.1, 0.15) is 11.4 Å². The van der Waals surface area contributed by atoms with Gasteiger partial charge in [0.2, 0.25) is 5.88 Å². The third-order valence-corrected chi connectivity index (χ3v) is 3.64. The zero-order valence-electron chi connectivity index (χ0n) is 13.3. The number of aromatic nitrogens is 1. The lowest BCUT2D eigenvalue weighted by Crippen LogP contribution is -2.34. The van der Waals surface area contributed by atoms with E-state index in [0.29, 0.717) is 23.5 Å². The van der Waals surface area contributed by atoms with Gasteiger partial charge in [-0.15, -0.1) is 0 Å². The molecule has 0 spiro atoms. The monoisotopic (exact) mass is 277 g/mol. The SMILES string of the molecule is CC(C)C1CCCN1c1ccc(N)c(OC(C)(C)C)n1. The number of hydrogen-bond donors (Lipinski definition) is 1. The lowest BCUT2D eigenvalue weighted by molar-refractivity contribution is 0.125. The minimum atomic E-state index is -0.289. The van der Waals surface area contributed by atoms with E-state index in [2.05, 4.69) is 23.7 Å². The van der Waals surface area contributed by atoms with E-state index in [4.69, 9.17) is 10.5 Å². The second-order valence-electron chi connectivity index (χ2n) is 6.93. The summed E-state index contributed by atoms with van der Waals surface area (Å²) >= 11 is 0. The fraction of sp³-hybridized carbons (Fsp3) is 0.688. The molecule has 2 rings (SSSR count). The molecule has 4 heteroatoms. The molecule has 2 N–H and O–H groups in total. The summed E-state index contributed by atoms with van der Waals surface area (Å²) in [7, 11) is 0. The molecular formula is C16H27N3O. The maximum atomic E-state index is 5.98. The molecule has 1 fully saturated rings. The van der Waals surface area contributed by atoms with Crippen LogP contribution in [0.3, 0.4) is 0 Å². The van der Waals surface area contributed by atoms with Crippen molar-refractivity contribution in [3.63, 3.8) is 0 Å². The summed E-state index contributed by atoms with van der Waals surface area (Å²) in [5.41, 5.74) is 6.30. The Bertz CT molecular complexity index is 465. The lowest BCUT2D eigenvalue weighted by atomic mass is 10.0. The van der Waals surface area contributed by atoms with Crippen molar-refractivity contribution in [3.05, 3.63) is 12.1 Å². The van der Waals surface area contributed by atoms with E-state index in [0.717, 1.165) is 12.4 Å². The zero-order valence-corrected chi connectivity index (χ0v) is 13.3.